The number of fused-ring (bicyclic) bond motifs is 1. The van der Waals surface area contributed by atoms with Gasteiger partial charge in [0, 0.05) is 44.2 Å². The van der Waals surface area contributed by atoms with Crippen molar-refractivity contribution in [3.63, 3.8) is 0 Å². The third-order valence-corrected chi connectivity index (χ3v) is 8.27. The van der Waals surface area contributed by atoms with Crippen molar-refractivity contribution in [3.05, 3.63) is 70.8 Å². The van der Waals surface area contributed by atoms with E-state index in [0.29, 0.717) is 11.8 Å². The lowest BCUT2D eigenvalue weighted by Crippen LogP contribution is -2.38. The molecule has 5 rings (SSSR count). The number of likely N-dealkylation sites (tertiary alicyclic amines) is 2. The molecule has 5 nitrogen and oxygen atoms in total. The van der Waals surface area contributed by atoms with Gasteiger partial charge < -0.3 is 15.1 Å². The van der Waals surface area contributed by atoms with Crippen LogP contribution in [0.1, 0.15) is 58.8 Å². The number of aryl methyl sites for hydroxylation is 2. The van der Waals surface area contributed by atoms with Crippen LogP contribution in [-0.2, 0) is 4.79 Å². The van der Waals surface area contributed by atoms with Gasteiger partial charge in [-0.2, -0.15) is 0 Å². The van der Waals surface area contributed by atoms with Crippen LogP contribution < -0.4 is 5.32 Å². The van der Waals surface area contributed by atoms with Crippen LogP contribution in [0, 0.1) is 31.6 Å². The second-order valence-electron chi connectivity index (χ2n) is 10.6. The molecule has 3 atom stereocenters. The Balaban J connectivity index is 1.17. The highest BCUT2D eigenvalue weighted by atomic mass is 16.2. The molecule has 1 N–H and O–H groups in total. The van der Waals surface area contributed by atoms with Gasteiger partial charge in [0.1, 0.15) is 0 Å². The predicted octanol–water partition coefficient (Wildman–Crippen LogP) is 4.35. The Morgan fingerprint density at radius 3 is 2.15 bits per heavy atom. The summed E-state index contributed by atoms with van der Waals surface area (Å²) >= 11 is 0. The standard InChI is InChI=1S/C29H37N3O2/c1-20-8-6-9-21(2)27(20)29(34)32-18-24-16-31(17-25(24)19-32)15-14-26(22-10-4-3-5-11-22)30-28(33)23-12-7-13-23/h3-6,8-11,23-26H,7,12-19H2,1-2H3,(H,30,33)/t24-,25+,26-/m0/s1. The third kappa shape index (κ3) is 4.76. The van der Waals surface area contributed by atoms with Crippen LogP contribution in [0.2, 0.25) is 0 Å². The largest absolute Gasteiger partial charge is 0.349 e. The van der Waals surface area contributed by atoms with Crippen molar-refractivity contribution in [2.75, 3.05) is 32.7 Å². The van der Waals surface area contributed by atoms with E-state index in [1.165, 1.54) is 12.0 Å². The number of carbonyl (C=O) groups is 2. The molecule has 2 saturated heterocycles. The minimum atomic E-state index is 0.0665. The smallest absolute Gasteiger partial charge is 0.254 e. The second kappa shape index (κ2) is 9.91. The van der Waals surface area contributed by atoms with Crippen LogP contribution in [0.4, 0.5) is 0 Å². The van der Waals surface area contributed by atoms with Crippen LogP contribution in [-0.4, -0.2) is 54.3 Å². The highest BCUT2D eigenvalue weighted by Gasteiger charge is 2.42. The van der Waals surface area contributed by atoms with E-state index in [0.717, 1.165) is 68.7 Å². The summed E-state index contributed by atoms with van der Waals surface area (Å²) in [7, 11) is 0. The lowest BCUT2D eigenvalue weighted by Gasteiger charge is -2.29. The fourth-order valence-electron chi connectivity index (χ4n) is 6.03. The summed E-state index contributed by atoms with van der Waals surface area (Å²) in [5.41, 5.74) is 4.21. The Morgan fingerprint density at radius 1 is 0.912 bits per heavy atom. The molecule has 2 amide bonds. The summed E-state index contributed by atoms with van der Waals surface area (Å²) in [4.78, 5) is 30.5. The molecule has 3 aliphatic rings. The summed E-state index contributed by atoms with van der Waals surface area (Å²) in [5, 5.41) is 3.34. The van der Waals surface area contributed by atoms with Gasteiger partial charge in [0.25, 0.3) is 5.91 Å². The average Bonchev–Trinajstić information content (AvgIpc) is 3.35. The molecule has 2 aliphatic heterocycles. The molecule has 5 heteroatoms. The highest BCUT2D eigenvalue weighted by molar-refractivity contribution is 5.97. The van der Waals surface area contributed by atoms with Gasteiger partial charge in [-0.25, -0.2) is 0 Å². The molecule has 2 heterocycles. The molecule has 3 fully saturated rings. The summed E-state index contributed by atoms with van der Waals surface area (Å²) in [5.74, 6) is 1.72. The number of benzene rings is 2. The summed E-state index contributed by atoms with van der Waals surface area (Å²) in [6.07, 6.45) is 4.15. The van der Waals surface area contributed by atoms with Gasteiger partial charge in [0.2, 0.25) is 5.91 Å². The maximum absolute atomic E-state index is 13.2. The molecule has 1 saturated carbocycles. The van der Waals surface area contributed by atoms with Crippen molar-refractivity contribution >= 4 is 11.8 Å². The minimum absolute atomic E-state index is 0.0665. The zero-order valence-corrected chi connectivity index (χ0v) is 20.5. The maximum atomic E-state index is 13.2. The Hall–Kier alpha value is -2.66. The lowest BCUT2D eigenvalue weighted by atomic mass is 9.84. The first-order valence-electron chi connectivity index (χ1n) is 12.9. The Morgan fingerprint density at radius 2 is 1.56 bits per heavy atom. The van der Waals surface area contributed by atoms with Gasteiger partial charge in [-0.3, -0.25) is 9.59 Å². The molecule has 2 aromatic carbocycles. The number of hydrogen-bond donors (Lipinski definition) is 1. The quantitative estimate of drug-likeness (QED) is 0.670. The number of nitrogens with one attached hydrogen (secondary N) is 1. The van der Waals surface area contributed by atoms with E-state index in [2.05, 4.69) is 39.4 Å². The van der Waals surface area contributed by atoms with E-state index >= 15 is 0 Å². The molecule has 34 heavy (non-hydrogen) atoms. The SMILES string of the molecule is Cc1cccc(C)c1C(=O)N1C[C@H]2CN(CC[C@H](NC(=O)C3CCC3)c3ccccc3)C[C@H]2C1. The molecular formula is C29H37N3O2. The first kappa shape index (κ1) is 23.1. The summed E-state index contributed by atoms with van der Waals surface area (Å²) in [6, 6.07) is 16.5. The molecule has 180 valence electrons. The van der Waals surface area contributed by atoms with E-state index in [4.69, 9.17) is 0 Å². The van der Waals surface area contributed by atoms with Crippen LogP contribution in [0.5, 0.6) is 0 Å². The molecule has 0 bridgehead atoms. The Labute approximate surface area is 203 Å². The minimum Gasteiger partial charge on any atom is -0.349 e. The Kier molecular flexibility index (Phi) is 6.73. The molecule has 0 unspecified atom stereocenters. The van der Waals surface area contributed by atoms with E-state index < -0.39 is 0 Å². The van der Waals surface area contributed by atoms with Gasteiger partial charge >= 0.3 is 0 Å². The molecule has 0 aromatic heterocycles. The maximum Gasteiger partial charge on any atom is 0.254 e. The van der Waals surface area contributed by atoms with Crippen molar-refractivity contribution in [3.8, 4) is 0 Å². The first-order valence-corrected chi connectivity index (χ1v) is 12.9. The highest BCUT2D eigenvalue weighted by Crippen LogP contribution is 2.33. The average molecular weight is 460 g/mol. The molecule has 0 spiro atoms. The van der Waals surface area contributed by atoms with Crippen molar-refractivity contribution in [1.29, 1.82) is 0 Å². The summed E-state index contributed by atoms with van der Waals surface area (Å²) in [6.45, 7) is 8.83. The van der Waals surface area contributed by atoms with Crippen molar-refractivity contribution in [1.82, 2.24) is 15.1 Å². The zero-order valence-electron chi connectivity index (χ0n) is 20.5. The zero-order chi connectivity index (χ0) is 23.7. The van der Waals surface area contributed by atoms with Crippen molar-refractivity contribution < 1.29 is 9.59 Å². The fraction of sp³-hybridized carbons (Fsp3) is 0.517. The summed E-state index contributed by atoms with van der Waals surface area (Å²) < 4.78 is 0. The van der Waals surface area contributed by atoms with Crippen LogP contribution in [0.3, 0.4) is 0 Å². The van der Waals surface area contributed by atoms with Crippen LogP contribution in [0.25, 0.3) is 0 Å². The lowest BCUT2D eigenvalue weighted by molar-refractivity contribution is -0.128. The Bertz CT molecular complexity index is 999. The van der Waals surface area contributed by atoms with Gasteiger partial charge in [0.15, 0.2) is 0 Å². The normalized spacial score (nSPS) is 23.4. The predicted molar refractivity (Wildman–Crippen MR) is 135 cm³/mol. The molecule has 2 aromatic rings. The van der Waals surface area contributed by atoms with Crippen molar-refractivity contribution in [2.45, 2.75) is 45.6 Å². The van der Waals surface area contributed by atoms with Crippen LogP contribution in [0.15, 0.2) is 48.5 Å². The number of rotatable bonds is 7. The van der Waals surface area contributed by atoms with Gasteiger partial charge in [-0.1, -0.05) is 55.0 Å². The van der Waals surface area contributed by atoms with E-state index in [-0.39, 0.29) is 23.8 Å². The van der Waals surface area contributed by atoms with Crippen molar-refractivity contribution in [2.24, 2.45) is 17.8 Å². The molecule has 1 aliphatic carbocycles. The topological polar surface area (TPSA) is 52.7 Å². The van der Waals surface area contributed by atoms with E-state index in [1.807, 2.05) is 38.1 Å². The van der Waals surface area contributed by atoms with Crippen LogP contribution >= 0.6 is 0 Å². The number of amides is 2. The number of nitrogens with zero attached hydrogens (tertiary/aromatic N) is 2. The fourth-order valence-corrected chi connectivity index (χ4v) is 6.03. The first-order chi connectivity index (χ1) is 16.5. The van der Waals surface area contributed by atoms with Gasteiger partial charge in [-0.15, -0.1) is 0 Å². The van der Waals surface area contributed by atoms with E-state index in [1.54, 1.807) is 0 Å². The monoisotopic (exact) mass is 459 g/mol. The number of carbonyl (C=O) groups excluding carboxylic acids is 2. The molecular weight excluding hydrogens is 422 g/mol. The van der Waals surface area contributed by atoms with E-state index in [9.17, 15) is 9.59 Å². The van der Waals surface area contributed by atoms with Gasteiger partial charge in [0.05, 0.1) is 6.04 Å². The molecule has 0 radical (unpaired) electrons. The second-order valence-corrected chi connectivity index (χ2v) is 10.6. The van der Waals surface area contributed by atoms with Gasteiger partial charge in [-0.05, 0) is 61.6 Å². The third-order valence-electron chi connectivity index (χ3n) is 8.27. The number of hydrogen-bond acceptors (Lipinski definition) is 3.